The third kappa shape index (κ3) is 5.72. The molecule has 7 heteroatoms. The highest BCUT2D eigenvalue weighted by Crippen LogP contribution is 2.26. The van der Waals surface area contributed by atoms with Gasteiger partial charge in [-0.15, -0.1) is 0 Å². The Bertz CT molecular complexity index is 1070. The number of aryl methyl sites for hydroxylation is 1. The van der Waals surface area contributed by atoms with E-state index in [1.165, 1.54) is 0 Å². The van der Waals surface area contributed by atoms with Gasteiger partial charge in [-0.1, -0.05) is 43.7 Å². The molecule has 1 aliphatic heterocycles. The topological polar surface area (TPSA) is 99.1 Å². The van der Waals surface area contributed by atoms with E-state index in [1.807, 2.05) is 37.3 Å². The lowest BCUT2D eigenvalue weighted by Crippen LogP contribution is -2.49. The molecule has 0 aromatic heterocycles. The summed E-state index contributed by atoms with van der Waals surface area (Å²) in [4.78, 5) is 12.7. The number of benzene rings is 2. The van der Waals surface area contributed by atoms with Crippen LogP contribution in [0.4, 0.5) is 0 Å². The molecule has 1 amide bonds. The number of carbonyl (C=O) groups excluding carboxylic acids is 1. The maximum absolute atomic E-state index is 12.4. The van der Waals surface area contributed by atoms with Crippen molar-refractivity contribution in [1.82, 2.24) is 10.6 Å². The fourth-order valence-corrected chi connectivity index (χ4v) is 4.82. The second-order valence-corrected chi connectivity index (χ2v) is 10.3. The van der Waals surface area contributed by atoms with E-state index in [1.54, 1.807) is 19.1 Å². The first-order valence-corrected chi connectivity index (χ1v) is 12.4. The predicted molar refractivity (Wildman–Crippen MR) is 121 cm³/mol. The molecule has 0 spiro atoms. The number of nitrogens with zero attached hydrogens (tertiary/aromatic N) is 1. The summed E-state index contributed by atoms with van der Waals surface area (Å²) in [6, 6.07) is 14.4. The Morgan fingerprint density at radius 1 is 1.23 bits per heavy atom. The highest BCUT2D eigenvalue weighted by Gasteiger charge is 2.23. The number of amides is 1. The van der Waals surface area contributed by atoms with Crippen LogP contribution in [0, 0.1) is 18.3 Å². The number of rotatable bonds is 7. The lowest BCUT2D eigenvalue weighted by molar-refractivity contribution is -0.124. The lowest BCUT2D eigenvalue weighted by atomic mass is 9.98. The molecule has 1 fully saturated rings. The van der Waals surface area contributed by atoms with Gasteiger partial charge in [0.1, 0.15) is 6.04 Å². The van der Waals surface area contributed by atoms with E-state index in [4.69, 9.17) is 0 Å². The van der Waals surface area contributed by atoms with Crippen LogP contribution in [0.15, 0.2) is 47.4 Å². The van der Waals surface area contributed by atoms with Gasteiger partial charge in [0.05, 0.1) is 22.8 Å². The fourth-order valence-electron chi connectivity index (χ4n) is 3.85. The van der Waals surface area contributed by atoms with Crippen molar-refractivity contribution in [3.63, 3.8) is 0 Å². The Kier molecular flexibility index (Phi) is 7.47. The Balaban J connectivity index is 1.68. The van der Waals surface area contributed by atoms with Crippen molar-refractivity contribution in [3.05, 3.63) is 53.6 Å². The maximum Gasteiger partial charge on any atom is 0.238 e. The number of hydrogen-bond acceptors (Lipinski definition) is 5. The van der Waals surface area contributed by atoms with Crippen molar-refractivity contribution in [2.45, 2.75) is 56.5 Å². The van der Waals surface area contributed by atoms with Crippen LogP contribution in [-0.4, -0.2) is 38.7 Å². The van der Waals surface area contributed by atoms with Crippen LogP contribution in [0.2, 0.25) is 0 Å². The second kappa shape index (κ2) is 10.1. The van der Waals surface area contributed by atoms with E-state index in [9.17, 15) is 18.5 Å². The molecule has 164 valence electrons. The predicted octanol–water partition coefficient (Wildman–Crippen LogP) is 3.15. The number of sulfone groups is 1. The van der Waals surface area contributed by atoms with Gasteiger partial charge in [-0.2, -0.15) is 5.26 Å². The molecule has 0 bridgehead atoms. The Morgan fingerprint density at radius 3 is 2.55 bits per heavy atom. The number of carbonyl (C=O) groups is 1. The van der Waals surface area contributed by atoms with Gasteiger partial charge in [0.2, 0.25) is 5.91 Å². The zero-order chi connectivity index (χ0) is 22.4. The van der Waals surface area contributed by atoms with Crippen molar-refractivity contribution in [2.24, 2.45) is 0 Å². The molecule has 0 aliphatic carbocycles. The molecule has 2 aromatic carbocycles. The molecule has 0 saturated carbocycles. The molecule has 1 aliphatic rings. The first-order valence-electron chi connectivity index (χ1n) is 10.7. The molecular formula is C24H29N3O3S. The minimum absolute atomic E-state index is 0.0773. The highest BCUT2D eigenvalue weighted by atomic mass is 32.2. The Hall–Kier alpha value is -2.69. The average Bonchev–Trinajstić information content (AvgIpc) is 2.79. The maximum atomic E-state index is 12.4. The van der Waals surface area contributed by atoms with Crippen molar-refractivity contribution in [2.75, 3.05) is 12.3 Å². The van der Waals surface area contributed by atoms with Crippen molar-refractivity contribution in [1.29, 1.82) is 5.26 Å². The molecule has 2 atom stereocenters. The number of piperidine rings is 1. The van der Waals surface area contributed by atoms with Gasteiger partial charge in [-0.3, -0.25) is 4.79 Å². The van der Waals surface area contributed by atoms with Gasteiger partial charge < -0.3 is 10.6 Å². The quantitative estimate of drug-likeness (QED) is 0.690. The van der Waals surface area contributed by atoms with E-state index >= 15 is 0 Å². The molecule has 2 aromatic rings. The minimum Gasteiger partial charge on any atom is -0.339 e. The summed E-state index contributed by atoms with van der Waals surface area (Å²) in [6.45, 7) is 4.37. The van der Waals surface area contributed by atoms with Crippen molar-refractivity contribution >= 4 is 15.7 Å². The van der Waals surface area contributed by atoms with Crippen LogP contribution in [0.3, 0.4) is 0 Å². The van der Waals surface area contributed by atoms with Crippen molar-refractivity contribution < 1.29 is 13.2 Å². The smallest absolute Gasteiger partial charge is 0.238 e. The van der Waals surface area contributed by atoms with Crippen LogP contribution >= 0.6 is 0 Å². The zero-order valence-electron chi connectivity index (χ0n) is 18.0. The van der Waals surface area contributed by atoms with Gasteiger partial charge in [0.25, 0.3) is 0 Å². The normalized spacial score (nSPS) is 17.5. The standard InChI is InChI=1S/C24H29N3O3S/c1-3-31(29,30)21-11-12-22(17(2)14-21)19-9-7-18(8-10-19)15-20(16-25)27-24(28)23-6-4-5-13-26-23/h7-12,14,20,23,26H,3-6,13,15H2,1-2H3,(H,27,28)/t20?,23-/m0/s1. The molecule has 1 heterocycles. The van der Waals surface area contributed by atoms with Crippen LogP contribution in [-0.2, 0) is 21.1 Å². The largest absolute Gasteiger partial charge is 0.339 e. The van der Waals surface area contributed by atoms with Crippen molar-refractivity contribution in [3.8, 4) is 17.2 Å². The van der Waals surface area contributed by atoms with E-state index in [0.29, 0.717) is 11.3 Å². The van der Waals surface area contributed by atoms with Gasteiger partial charge in [-0.25, -0.2) is 8.42 Å². The third-order valence-corrected chi connectivity index (χ3v) is 7.47. The van der Waals surface area contributed by atoms with Crippen LogP contribution in [0.1, 0.15) is 37.3 Å². The molecule has 1 unspecified atom stereocenters. The number of nitriles is 1. The molecule has 1 saturated heterocycles. The van der Waals surface area contributed by atoms with E-state index in [2.05, 4.69) is 16.7 Å². The molecule has 31 heavy (non-hydrogen) atoms. The molecule has 0 radical (unpaired) electrons. The van der Waals surface area contributed by atoms with Gasteiger partial charge >= 0.3 is 0 Å². The van der Waals surface area contributed by atoms with Crippen LogP contribution in [0.25, 0.3) is 11.1 Å². The number of hydrogen-bond donors (Lipinski definition) is 2. The summed E-state index contributed by atoms with van der Waals surface area (Å²) in [6.07, 6.45) is 3.33. The zero-order valence-corrected chi connectivity index (χ0v) is 18.8. The Labute approximate surface area is 184 Å². The molecule has 3 rings (SSSR count). The van der Waals surface area contributed by atoms with Crippen LogP contribution in [0.5, 0.6) is 0 Å². The van der Waals surface area contributed by atoms with E-state index in [0.717, 1.165) is 48.1 Å². The SMILES string of the molecule is CCS(=O)(=O)c1ccc(-c2ccc(CC(C#N)NC(=O)[C@@H]3CCCCN3)cc2)c(C)c1. The molecular weight excluding hydrogens is 410 g/mol. The lowest BCUT2D eigenvalue weighted by Gasteiger charge is -2.23. The highest BCUT2D eigenvalue weighted by molar-refractivity contribution is 7.91. The first kappa shape index (κ1) is 23.0. The monoisotopic (exact) mass is 439 g/mol. The second-order valence-electron chi connectivity index (χ2n) is 7.97. The third-order valence-electron chi connectivity index (χ3n) is 5.74. The van der Waals surface area contributed by atoms with Gasteiger partial charge in [-0.05, 0) is 60.7 Å². The fraction of sp³-hybridized carbons (Fsp3) is 0.417. The molecule has 6 nitrogen and oxygen atoms in total. The van der Waals surface area contributed by atoms with Gasteiger partial charge in [0.15, 0.2) is 9.84 Å². The van der Waals surface area contributed by atoms with E-state index < -0.39 is 15.9 Å². The van der Waals surface area contributed by atoms with Gasteiger partial charge in [0, 0.05) is 6.42 Å². The van der Waals surface area contributed by atoms with Crippen LogP contribution < -0.4 is 10.6 Å². The number of nitrogens with one attached hydrogen (secondary N) is 2. The average molecular weight is 440 g/mol. The summed E-state index contributed by atoms with van der Waals surface area (Å²) >= 11 is 0. The minimum atomic E-state index is -3.23. The first-order chi connectivity index (χ1) is 14.8. The summed E-state index contributed by atoms with van der Waals surface area (Å²) < 4.78 is 24.2. The summed E-state index contributed by atoms with van der Waals surface area (Å²) in [5.74, 6) is -0.0333. The Morgan fingerprint density at radius 2 is 1.97 bits per heavy atom. The summed E-state index contributed by atoms with van der Waals surface area (Å²) in [7, 11) is -3.23. The summed E-state index contributed by atoms with van der Waals surface area (Å²) in [5.41, 5.74) is 3.79. The van der Waals surface area contributed by atoms with E-state index in [-0.39, 0.29) is 17.7 Å². The summed E-state index contributed by atoms with van der Waals surface area (Å²) in [5, 5.41) is 15.5. The molecule has 2 N–H and O–H groups in total.